The third-order valence-corrected chi connectivity index (χ3v) is 4.59. The Bertz CT molecular complexity index is 809. The molecule has 0 spiro atoms. The summed E-state index contributed by atoms with van der Waals surface area (Å²) in [6.07, 6.45) is 0.204. The van der Waals surface area contributed by atoms with E-state index < -0.39 is 0 Å². The molecule has 0 saturated heterocycles. The summed E-state index contributed by atoms with van der Waals surface area (Å²) < 4.78 is 5.75. The summed E-state index contributed by atoms with van der Waals surface area (Å²) in [6, 6.07) is 14.8. The molecule has 0 aliphatic carbocycles. The molecule has 136 valence electrons. The van der Waals surface area contributed by atoms with Crippen molar-refractivity contribution in [2.75, 3.05) is 11.4 Å². The van der Waals surface area contributed by atoms with E-state index in [4.69, 9.17) is 16.3 Å². The zero-order valence-electron chi connectivity index (χ0n) is 14.6. The van der Waals surface area contributed by atoms with E-state index in [0.717, 1.165) is 11.3 Å². The van der Waals surface area contributed by atoms with E-state index in [-0.39, 0.29) is 30.8 Å². The van der Waals surface area contributed by atoms with Crippen molar-refractivity contribution in [2.24, 2.45) is 0 Å². The van der Waals surface area contributed by atoms with Crippen molar-refractivity contribution in [2.45, 2.75) is 32.4 Å². The SMILES string of the molecule is C[C@@H]1CN(C(=O)CCC(=O)NCc2ccccc2Cl)c2ccccc2O1. The summed E-state index contributed by atoms with van der Waals surface area (Å²) in [7, 11) is 0. The third kappa shape index (κ3) is 4.35. The number of fused-ring (bicyclic) bond motifs is 1. The Balaban J connectivity index is 1.54. The van der Waals surface area contributed by atoms with E-state index in [0.29, 0.717) is 23.9 Å². The molecule has 0 bridgehead atoms. The zero-order valence-corrected chi connectivity index (χ0v) is 15.3. The van der Waals surface area contributed by atoms with E-state index in [1.165, 1.54) is 0 Å². The Kier molecular flexibility index (Phi) is 5.78. The predicted octanol–water partition coefficient (Wildman–Crippen LogP) is 3.55. The van der Waals surface area contributed by atoms with Crippen LogP contribution in [0.2, 0.25) is 5.02 Å². The highest BCUT2D eigenvalue weighted by Gasteiger charge is 2.27. The van der Waals surface area contributed by atoms with Gasteiger partial charge >= 0.3 is 0 Å². The second kappa shape index (κ2) is 8.23. The summed E-state index contributed by atoms with van der Waals surface area (Å²) >= 11 is 6.07. The number of anilines is 1. The van der Waals surface area contributed by atoms with Gasteiger partial charge in [0.25, 0.3) is 0 Å². The maximum atomic E-state index is 12.6. The molecule has 0 radical (unpaired) electrons. The number of halogens is 1. The Morgan fingerprint density at radius 2 is 1.88 bits per heavy atom. The van der Waals surface area contributed by atoms with Gasteiger partial charge in [-0.2, -0.15) is 0 Å². The highest BCUT2D eigenvalue weighted by Crippen LogP contribution is 2.33. The molecule has 3 rings (SSSR count). The number of ether oxygens (including phenoxy) is 1. The number of carbonyl (C=O) groups is 2. The average molecular weight is 373 g/mol. The first-order valence-corrected chi connectivity index (χ1v) is 8.98. The summed E-state index contributed by atoms with van der Waals surface area (Å²) in [6.45, 7) is 2.76. The monoisotopic (exact) mass is 372 g/mol. The Morgan fingerprint density at radius 3 is 2.69 bits per heavy atom. The highest BCUT2D eigenvalue weighted by atomic mass is 35.5. The minimum Gasteiger partial charge on any atom is -0.487 e. The van der Waals surface area contributed by atoms with E-state index in [1.807, 2.05) is 49.4 Å². The summed E-state index contributed by atoms with van der Waals surface area (Å²) in [5.74, 6) is 0.441. The maximum Gasteiger partial charge on any atom is 0.227 e. The topological polar surface area (TPSA) is 58.6 Å². The molecule has 2 amide bonds. The number of hydrogen-bond acceptors (Lipinski definition) is 3. The van der Waals surface area contributed by atoms with Crippen LogP contribution >= 0.6 is 11.6 Å². The van der Waals surface area contributed by atoms with Crippen LogP contribution < -0.4 is 15.0 Å². The Labute approximate surface area is 157 Å². The van der Waals surface area contributed by atoms with Gasteiger partial charge in [-0.05, 0) is 30.7 Å². The summed E-state index contributed by atoms with van der Waals surface area (Å²) in [5, 5.41) is 3.42. The van der Waals surface area contributed by atoms with Crippen molar-refractivity contribution in [3.63, 3.8) is 0 Å². The van der Waals surface area contributed by atoms with Gasteiger partial charge in [0.05, 0.1) is 12.2 Å². The Hall–Kier alpha value is -2.53. The van der Waals surface area contributed by atoms with E-state index in [1.54, 1.807) is 11.0 Å². The van der Waals surface area contributed by atoms with Crippen LogP contribution in [0.1, 0.15) is 25.3 Å². The van der Waals surface area contributed by atoms with Crippen LogP contribution in [-0.2, 0) is 16.1 Å². The number of para-hydroxylation sites is 2. The molecule has 1 aliphatic rings. The molecule has 2 aromatic rings. The smallest absolute Gasteiger partial charge is 0.227 e. The molecule has 5 nitrogen and oxygen atoms in total. The van der Waals surface area contributed by atoms with Crippen LogP contribution in [0.5, 0.6) is 5.75 Å². The van der Waals surface area contributed by atoms with Gasteiger partial charge in [-0.15, -0.1) is 0 Å². The first-order chi connectivity index (χ1) is 12.5. The molecule has 6 heteroatoms. The molecule has 0 fully saturated rings. The molecule has 1 N–H and O–H groups in total. The molecule has 2 aromatic carbocycles. The number of carbonyl (C=O) groups excluding carboxylic acids is 2. The van der Waals surface area contributed by atoms with Gasteiger partial charge in [-0.3, -0.25) is 9.59 Å². The van der Waals surface area contributed by atoms with Gasteiger partial charge < -0.3 is 15.0 Å². The number of amides is 2. The van der Waals surface area contributed by atoms with Crippen LogP contribution in [0.4, 0.5) is 5.69 Å². The lowest BCUT2D eigenvalue weighted by molar-refractivity contribution is -0.125. The van der Waals surface area contributed by atoms with E-state index in [9.17, 15) is 9.59 Å². The largest absolute Gasteiger partial charge is 0.487 e. The molecule has 0 unspecified atom stereocenters. The van der Waals surface area contributed by atoms with Gasteiger partial charge in [0.15, 0.2) is 0 Å². The lowest BCUT2D eigenvalue weighted by Crippen LogP contribution is -2.42. The Morgan fingerprint density at radius 1 is 1.15 bits per heavy atom. The van der Waals surface area contributed by atoms with Crippen molar-refractivity contribution in [1.29, 1.82) is 0 Å². The lowest BCUT2D eigenvalue weighted by Gasteiger charge is -2.33. The molecular formula is C20H21ClN2O3. The molecule has 0 saturated carbocycles. The minimum absolute atomic E-state index is 0.0806. The first kappa shape index (κ1) is 18.3. The first-order valence-electron chi connectivity index (χ1n) is 8.61. The van der Waals surface area contributed by atoms with Crippen LogP contribution in [0.25, 0.3) is 0 Å². The quantitative estimate of drug-likeness (QED) is 0.873. The fraction of sp³-hybridized carbons (Fsp3) is 0.300. The lowest BCUT2D eigenvalue weighted by atomic mass is 10.1. The van der Waals surface area contributed by atoms with Gasteiger partial charge in [-0.25, -0.2) is 0 Å². The zero-order chi connectivity index (χ0) is 18.5. The number of nitrogens with zero attached hydrogens (tertiary/aromatic N) is 1. The second-order valence-corrected chi connectivity index (χ2v) is 6.68. The fourth-order valence-electron chi connectivity index (χ4n) is 2.90. The van der Waals surface area contributed by atoms with Gasteiger partial charge in [0.1, 0.15) is 11.9 Å². The van der Waals surface area contributed by atoms with Crippen molar-refractivity contribution < 1.29 is 14.3 Å². The van der Waals surface area contributed by atoms with Crippen LogP contribution in [0.15, 0.2) is 48.5 Å². The number of nitrogens with one attached hydrogen (secondary N) is 1. The van der Waals surface area contributed by atoms with Crippen LogP contribution in [0.3, 0.4) is 0 Å². The summed E-state index contributed by atoms with van der Waals surface area (Å²) in [4.78, 5) is 26.4. The van der Waals surface area contributed by atoms with Gasteiger partial charge in [0, 0.05) is 24.4 Å². The van der Waals surface area contributed by atoms with Crippen molar-refractivity contribution in [3.05, 3.63) is 59.1 Å². The predicted molar refractivity (Wildman–Crippen MR) is 101 cm³/mol. The van der Waals surface area contributed by atoms with Crippen LogP contribution in [-0.4, -0.2) is 24.5 Å². The molecule has 26 heavy (non-hydrogen) atoms. The maximum absolute atomic E-state index is 12.6. The van der Waals surface area contributed by atoms with E-state index in [2.05, 4.69) is 5.32 Å². The number of benzene rings is 2. The van der Waals surface area contributed by atoms with Crippen molar-refractivity contribution >= 4 is 29.1 Å². The third-order valence-electron chi connectivity index (χ3n) is 4.22. The fourth-order valence-corrected chi connectivity index (χ4v) is 3.11. The number of rotatable bonds is 5. The minimum atomic E-state index is -0.173. The molecule has 1 aliphatic heterocycles. The molecule has 0 aromatic heterocycles. The average Bonchev–Trinajstić information content (AvgIpc) is 2.64. The molecule has 1 atom stereocenters. The molecular weight excluding hydrogens is 352 g/mol. The second-order valence-electron chi connectivity index (χ2n) is 6.27. The molecule has 1 heterocycles. The van der Waals surface area contributed by atoms with Gasteiger partial charge in [-0.1, -0.05) is 41.9 Å². The van der Waals surface area contributed by atoms with Crippen LogP contribution in [0, 0.1) is 0 Å². The van der Waals surface area contributed by atoms with Crippen molar-refractivity contribution in [3.8, 4) is 5.75 Å². The van der Waals surface area contributed by atoms with Gasteiger partial charge in [0.2, 0.25) is 11.8 Å². The standard InChI is InChI=1S/C20H21ClN2O3/c1-14-13-23(17-8-4-5-9-18(17)26-14)20(25)11-10-19(24)22-12-15-6-2-3-7-16(15)21/h2-9,14H,10-13H2,1H3,(H,22,24)/t14-/m1/s1. The normalized spacial score (nSPS) is 15.8. The number of hydrogen-bond donors (Lipinski definition) is 1. The summed E-state index contributed by atoms with van der Waals surface area (Å²) in [5.41, 5.74) is 1.61. The highest BCUT2D eigenvalue weighted by molar-refractivity contribution is 6.31. The van der Waals surface area contributed by atoms with Crippen molar-refractivity contribution in [1.82, 2.24) is 5.32 Å². The van der Waals surface area contributed by atoms with E-state index >= 15 is 0 Å².